The molecule has 1 unspecified atom stereocenters. The number of alkyl halides is 3. The number of nitrogens with one attached hydrogen (secondary N) is 1. The zero-order valence-electron chi connectivity index (χ0n) is 14.6. The van der Waals surface area contributed by atoms with E-state index in [2.05, 4.69) is 24.1 Å². The molecule has 1 aromatic rings. The first-order valence-electron chi connectivity index (χ1n) is 8.50. The number of rotatable bonds is 4. The van der Waals surface area contributed by atoms with Gasteiger partial charge in [-0.25, -0.2) is 4.39 Å². The van der Waals surface area contributed by atoms with Gasteiger partial charge in [-0.2, -0.15) is 13.2 Å². The number of benzene rings is 1. The van der Waals surface area contributed by atoms with E-state index in [4.69, 9.17) is 0 Å². The van der Waals surface area contributed by atoms with Crippen LogP contribution in [0.4, 0.5) is 17.6 Å². The van der Waals surface area contributed by atoms with Crippen molar-refractivity contribution in [1.29, 1.82) is 0 Å². The Hall–Kier alpha value is -1.14. The molecule has 0 aliphatic carbocycles. The van der Waals surface area contributed by atoms with Gasteiger partial charge < -0.3 is 5.32 Å². The Kier molecular flexibility index (Phi) is 5.91. The third kappa shape index (κ3) is 4.09. The smallest absolute Gasteiger partial charge is 0.311 e. The quantitative estimate of drug-likeness (QED) is 0.801. The summed E-state index contributed by atoms with van der Waals surface area (Å²) >= 11 is 0. The molecule has 24 heavy (non-hydrogen) atoms. The summed E-state index contributed by atoms with van der Waals surface area (Å²) in [7, 11) is 0. The topological polar surface area (TPSA) is 15.3 Å². The number of hydrogen-bond acceptors (Lipinski definition) is 2. The van der Waals surface area contributed by atoms with Crippen LogP contribution < -0.4 is 5.32 Å². The van der Waals surface area contributed by atoms with Crippen molar-refractivity contribution in [2.24, 2.45) is 5.92 Å². The lowest BCUT2D eigenvalue weighted by Crippen LogP contribution is -2.56. The first-order valence-corrected chi connectivity index (χ1v) is 8.50. The number of halogens is 4. The summed E-state index contributed by atoms with van der Waals surface area (Å²) < 4.78 is 52.5. The molecule has 1 saturated heterocycles. The average molecular weight is 346 g/mol. The third-order valence-electron chi connectivity index (χ3n) is 4.76. The van der Waals surface area contributed by atoms with Gasteiger partial charge in [0.15, 0.2) is 0 Å². The molecule has 0 saturated carbocycles. The molecule has 136 valence electrons. The van der Waals surface area contributed by atoms with Crippen LogP contribution in [0.1, 0.15) is 51.3 Å². The lowest BCUT2D eigenvalue weighted by atomic mass is 9.90. The van der Waals surface area contributed by atoms with Crippen molar-refractivity contribution in [3.8, 4) is 0 Å². The highest BCUT2D eigenvalue weighted by Gasteiger charge is 2.36. The fourth-order valence-corrected chi connectivity index (χ4v) is 3.61. The maximum atomic E-state index is 14.0. The minimum atomic E-state index is -4.66. The van der Waals surface area contributed by atoms with Crippen molar-refractivity contribution in [3.05, 3.63) is 35.1 Å². The van der Waals surface area contributed by atoms with Gasteiger partial charge in [-0.1, -0.05) is 26.8 Å². The van der Waals surface area contributed by atoms with E-state index >= 15 is 0 Å². The Morgan fingerprint density at radius 1 is 1.29 bits per heavy atom. The molecule has 1 heterocycles. The Labute approximate surface area is 141 Å². The molecular weight excluding hydrogens is 320 g/mol. The summed E-state index contributed by atoms with van der Waals surface area (Å²) in [6.07, 6.45) is -3.72. The Morgan fingerprint density at radius 3 is 2.46 bits per heavy atom. The summed E-state index contributed by atoms with van der Waals surface area (Å²) in [6.45, 7) is 9.87. The lowest BCUT2D eigenvalue weighted by molar-refractivity contribution is -0.140. The van der Waals surface area contributed by atoms with Crippen LogP contribution in [0, 0.1) is 11.7 Å². The first kappa shape index (κ1) is 19.2. The predicted molar refractivity (Wildman–Crippen MR) is 87.2 cm³/mol. The van der Waals surface area contributed by atoms with E-state index < -0.39 is 17.6 Å². The van der Waals surface area contributed by atoms with Gasteiger partial charge in [0.05, 0.1) is 5.56 Å². The molecule has 0 aromatic heterocycles. The van der Waals surface area contributed by atoms with Crippen molar-refractivity contribution in [3.63, 3.8) is 0 Å². The molecular formula is C18H26F4N2. The van der Waals surface area contributed by atoms with Gasteiger partial charge in [0, 0.05) is 31.2 Å². The third-order valence-corrected chi connectivity index (χ3v) is 4.76. The average Bonchev–Trinajstić information content (AvgIpc) is 2.46. The van der Waals surface area contributed by atoms with Crippen molar-refractivity contribution >= 4 is 0 Å². The van der Waals surface area contributed by atoms with Crippen LogP contribution in [-0.4, -0.2) is 30.1 Å². The largest absolute Gasteiger partial charge is 0.419 e. The van der Waals surface area contributed by atoms with E-state index in [1.165, 1.54) is 6.07 Å². The van der Waals surface area contributed by atoms with E-state index in [1.807, 2.05) is 13.8 Å². The molecule has 0 amide bonds. The SMILES string of the molecule is CC[C@@H]1CN[C@@H](C)CN1C(c1ccc(C(F)(F)F)c(F)c1)C(C)C. The summed E-state index contributed by atoms with van der Waals surface area (Å²) in [4.78, 5) is 2.31. The summed E-state index contributed by atoms with van der Waals surface area (Å²) in [5.41, 5.74) is -0.586. The molecule has 1 N–H and O–H groups in total. The summed E-state index contributed by atoms with van der Waals surface area (Å²) in [5, 5.41) is 3.43. The predicted octanol–water partition coefficient (Wildman–Crippen LogP) is 4.61. The van der Waals surface area contributed by atoms with Crippen LogP contribution in [0.2, 0.25) is 0 Å². The van der Waals surface area contributed by atoms with Gasteiger partial charge in [0.1, 0.15) is 5.82 Å². The second-order valence-electron chi connectivity index (χ2n) is 6.99. The summed E-state index contributed by atoms with van der Waals surface area (Å²) in [5.74, 6) is -1.03. The molecule has 1 aromatic carbocycles. The second-order valence-corrected chi connectivity index (χ2v) is 6.99. The number of nitrogens with zero attached hydrogens (tertiary/aromatic N) is 1. The Bertz CT molecular complexity index is 556. The maximum absolute atomic E-state index is 14.0. The van der Waals surface area contributed by atoms with Crippen LogP contribution in [0.5, 0.6) is 0 Å². The molecule has 6 heteroatoms. The van der Waals surface area contributed by atoms with E-state index in [-0.39, 0.29) is 12.0 Å². The van der Waals surface area contributed by atoms with Gasteiger partial charge in [0.2, 0.25) is 0 Å². The Balaban J connectivity index is 2.38. The van der Waals surface area contributed by atoms with Gasteiger partial charge in [-0.05, 0) is 37.0 Å². The van der Waals surface area contributed by atoms with Crippen LogP contribution in [-0.2, 0) is 6.18 Å². The Morgan fingerprint density at radius 2 is 1.96 bits per heavy atom. The van der Waals surface area contributed by atoms with Crippen LogP contribution in [0.3, 0.4) is 0 Å². The summed E-state index contributed by atoms with van der Waals surface area (Å²) in [6, 6.07) is 3.85. The molecule has 1 fully saturated rings. The molecule has 0 radical (unpaired) electrons. The van der Waals surface area contributed by atoms with Gasteiger partial charge in [0.25, 0.3) is 0 Å². The lowest BCUT2D eigenvalue weighted by Gasteiger charge is -2.45. The van der Waals surface area contributed by atoms with E-state index in [0.29, 0.717) is 17.6 Å². The zero-order chi connectivity index (χ0) is 18.1. The van der Waals surface area contributed by atoms with E-state index in [0.717, 1.165) is 31.6 Å². The van der Waals surface area contributed by atoms with E-state index in [9.17, 15) is 17.6 Å². The highest BCUT2D eigenvalue weighted by Crippen LogP contribution is 2.36. The minimum Gasteiger partial charge on any atom is -0.311 e. The maximum Gasteiger partial charge on any atom is 0.419 e. The van der Waals surface area contributed by atoms with Crippen molar-refractivity contribution in [2.45, 2.75) is 58.4 Å². The molecule has 1 aliphatic rings. The first-order chi connectivity index (χ1) is 11.1. The standard InChI is InChI=1S/C18H26F4N2/c1-5-14-9-23-12(4)10-24(14)17(11(2)3)13-6-7-15(16(19)8-13)18(20,21)22/h6-8,11-12,14,17,23H,5,9-10H2,1-4H3/t12-,14+,17?/m0/s1. The highest BCUT2D eigenvalue weighted by atomic mass is 19.4. The van der Waals surface area contributed by atoms with Crippen molar-refractivity contribution in [2.75, 3.05) is 13.1 Å². The van der Waals surface area contributed by atoms with Gasteiger partial charge in [-0.15, -0.1) is 0 Å². The molecule has 2 rings (SSSR count). The number of hydrogen-bond donors (Lipinski definition) is 1. The molecule has 3 atom stereocenters. The minimum absolute atomic E-state index is 0.101. The molecule has 0 bridgehead atoms. The zero-order valence-corrected chi connectivity index (χ0v) is 14.6. The van der Waals surface area contributed by atoms with E-state index in [1.54, 1.807) is 0 Å². The molecule has 1 aliphatic heterocycles. The number of piperazine rings is 1. The van der Waals surface area contributed by atoms with Gasteiger partial charge in [-0.3, -0.25) is 4.90 Å². The fourth-order valence-electron chi connectivity index (χ4n) is 3.61. The van der Waals surface area contributed by atoms with Crippen LogP contribution >= 0.6 is 0 Å². The van der Waals surface area contributed by atoms with Crippen LogP contribution in [0.25, 0.3) is 0 Å². The van der Waals surface area contributed by atoms with Gasteiger partial charge >= 0.3 is 6.18 Å². The van der Waals surface area contributed by atoms with Crippen molar-refractivity contribution in [1.82, 2.24) is 10.2 Å². The highest BCUT2D eigenvalue weighted by molar-refractivity contribution is 5.29. The monoisotopic (exact) mass is 346 g/mol. The second kappa shape index (κ2) is 7.40. The fraction of sp³-hybridized carbons (Fsp3) is 0.667. The molecule has 2 nitrogen and oxygen atoms in total. The van der Waals surface area contributed by atoms with Crippen molar-refractivity contribution < 1.29 is 17.6 Å². The molecule has 0 spiro atoms. The van der Waals surface area contributed by atoms with Crippen LogP contribution in [0.15, 0.2) is 18.2 Å². The normalized spacial score (nSPS) is 24.4.